The molecule has 3 heteroatoms. The molecular weight excluding hydrogens is 302 g/mol. The number of aryl methyl sites for hydroxylation is 2. The number of carbonyl (C=O) groups is 1. The summed E-state index contributed by atoms with van der Waals surface area (Å²) in [6, 6.07) is 4.05. The SMILES string of the molecule is Cc1cc(NC(=O)C2CCCC2(C)C)cc(C)c1Br. The molecule has 1 N–H and O–H groups in total. The van der Waals surface area contributed by atoms with Crippen molar-refractivity contribution in [3.05, 3.63) is 27.7 Å². The number of rotatable bonds is 2. The van der Waals surface area contributed by atoms with Crippen molar-refractivity contribution < 1.29 is 4.79 Å². The van der Waals surface area contributed by atoms with Crippen LogP contribution in [-0.2, 0) is 4.79 Å². The van der Waals surface area contributed by atoms with E-state index in [4.69, 9.17) is 0 Å². The van der Waals surface area contributed by atoms with Gasteiger partial charge >= 0.3 is 0 Å². The van der Waals surface area contributed by atoms with E-state index in [2.05, 4.69) is 35.1 Å². The van der Waals surface area contributed by atoms with Gasteiger partial charge in [0.25, 0.3) is 0 Å². The van der Waals surface area contributed by atoms with Crippen molar-refractivity contribution in [3.63, 3.8) is 0 Å². The lowest BCUT2D eigenvalue weighted by atomic mass is 9.81. The van der Waals surface area contributed by atoms with Crippen molar-refractivity contribution in [3.8, 4) is 0 Å². The van der Waals surface area contributed by atoms with Crippen LogP contribution >= 0.6 is 15.9 Å². The fourth-order valence-electron chi connectivity index (χ4n) is 3.06. The summed E-state index contributed by atoms with van der Waals surface area (Å²) in [5.41, 5.74) is 3.34. The highest BCUT2D eigenvalue weighted by Gasteiger charge is 2.39. The Morgan fingerprint density at radius 1 is 1.32 bits per heavy atom. The fraction of sp³-hybridized carbons (Fsp3) is 0.562. The van der Waals surface area contributed by atoms with Gasteiger partial charge in [-0.15, -0.1) is 0 Å². The summed E-state index contributed by atoms with van der Waals surface area (Å²) in [5, 5.41) is 3.09. The Labute approximate surface area is 124 Å². The Bertz CT molecular complexity index is 484. The van der Waals surface area contributed by atoms with E-state index in [0.717, 1.165) is 40.5 Å². The molecular formula is C16H22BrNO. The van der Waals surface area contributed by atoms with Gasteiger partial charge in [-0.25, -0.2) is 0 Å². The smallest absolute Gasteiger partial charge is 0.228 e. The molecule has 1 unspecified atom stereocenters. The van der Waals surface area contributed by atoms with Crippen molar-refractivity contribution in [2.45, 2.75) is 47.0 Å². The van der Waals surface area contributed by atoms with Crippen LogP contribution in [0.2, 0.25) is 0 Å². The number of benzene rings is 1. The first kappa shape index (κ1) is 14.6. The molecule has 1 saturated carbocycles. The lowest BCUT2D eigenvalue weighted by Gasteiger charge is -2.26. The molecule has 0 aromatic heterocycles. The molecule has 1 amide bonds. The van der Waals surface area contributed by atoms with Gasteiger partial charge in [0.05, 0.1) is 0 Å². The second-order valence-electron chi connectivity index (χ2n) is 6.35. The Kier molecular flexibility index (Phi) is 4.05. The lowest BCUT2D eigenvalue weighted by molar-refractivity contribution is -0.122. The fourth-order valence-corrected chi connectivity index (χ4v) is 3.29. The average Bonchev–Trinajstić information content (AvgIpc) is 2.65. The van der Waals surface area contributed by atoms with Crippen molar-refractivity contribution in [1.82, 2.24) is 0 Å². The molecule has 1 atom stereocenters. The van der Waals surface area contributed by atoms with Crippen LogP contribution in [0.4, 0.5) is 5.69 Å². The van der Waals surface area contributed by atoms with E-state index in [1.54, 1.807) is 0 Å². The number of anilines is 1. The van der Waals surface area contributed by atoms with Gasteiger partial charge in [-0.1, -0.05) is 36.2 Å². The first-order chi connectivity index (χ1) is 8.81. The topological polar surface area (TPSA) is 29.1 Å². The second-order valence-corrected chi connectivity index (χ2v) is 7.14. The number of halogens is 1. The summed E-state index contributed by atoms with van der Waals surface area (Å²) in [7, 11) is 0. The molecule has 0 saturated heterocycles. The zero-order chi connectivity index (χ0) is 14.2. The van der Waals surface area contributed by atoms with Gasteiger partial charge in [-0.2, -0.15) is 0 Å². The molecule has 0 bridgehead atoms. The van der Waals surface area contributed by atoms with Crippen LogP contribution in [0.3, 0.4) is 0 Å². The van der Waals surface area contributed by atoms with E-state index in [9.17, 15) is 4.79 Å². The minimum absolute atomic E-state index is 0.129. The van der Waals surface area contributed by atoms with Gasteiger partial charge in [-0.3, -0.25) is 4.79 Å². The van der Waals surface area contributed by atoms with Gasteiger partial charge in [-0.05, 0) is 55.4 Å². The number of hydrogen-bond acceptors (Lipinski definition) is 1. The third-order valence-electron chi connectivity index (χ3n) is 4.28. The third-order valence-corrected chi connectivity index (χ3v) is 5.53. The van der Waals surface area contributed by atoms with Crippen LogP contribution in [0.25, 0.3) is 0 Å². The standard InChI is InChI=1S/C16H22BrNO/c1-10-8-12(9-11(2)14(10)17)18-15(19)13-6-5-7-16(13,3)4/h8-9,13H,5-7H2,1-4H3,(H,18,19). The van der Waals surface area contributed by atoms with Crippen LogP contribution in [0.5, 0.6) is 0 Å². The van der Waals surface area contributed by atoms with E-state index in [0.29, 0.717) is 0 Å². The maximum Gasteiger partial charge on any atom is 0.228 e. The molecule has 1 aliphatic carbocycles. The van der Waals surface area contributed by atoms with Crippen molar-refractivity contribution >= 4 is 27.5 Å². The average molecular weight is 324 g/mol. The molecule has 2 nitrogen and oxygen atoms in total. The highest BCUT2D eigenvalue weighted by atomic mass is 79.9. The molecule has 0 radical (unpaired) electrons. The number of nitrogens with one attached hydrogen (secondary N) is 1. The molecule has 1 aromatic rings. The Morgan fingerprint density at radius 2 is 1.89 bits per heavy atom. The first-order valence-corrected chi connectivity index (χ1v) is 7.68. The third kappa shape index (κ3) is 3.02. The zero-order valence-electron chi connectivity index (χ0n) is 12.1. The molecule has 0 aliphatic heterocycles. The van der Waals surface area contributed by atoms with Crippen LogP contribution < -0.4 is 5.32 Å². The van der Waals surface area contributed by atoms with Gasteiger partial charge < -0.3 is 5.32 Å². The van der Waals surface area contributed by atoms with Crippen LogP contribution in [0.1, 0.15) is 44.2 Å². The molecule has 2 rings (SSSR count). The normalized spacial score (nSPS) is 21.4. The minimum atomic E-state index is 0.129. The molecule has 1 aliphatic rings. The molecule has 19 heavy (non-hydrogen) atoms. The summed E-state index contributed by atoms with van der Waals surface area (Å²) >= 11 is 3.55. The second kappa shape index (κ2) is 5.28. The van der Waals surface area contributed by atoms with E-state index in [-0.39, 0.29) is 17.2 Å². The first-order valence-electron chi connectivity index (χ1n) is 6.89. The maximum absolute atomic E-state index is 12.4. The predicted molar refractivity (Wildman–Crippen MR) is 83.4 cm³/mol. The lowest BCUT2D eigenvalue weighted by Crippen LogP contribution is -2.30. The van der Waals surface area contributed by atoms with Gasteiger partial charge in [0.2, 0.25) is 5.91 Å². The number of carbonyl (C=O) groups excluding carboxylic acids is 1. The zero-order valence-corrected chi connectivity index (χ0v) is 13.7. The minimum Gasteiger partial charge on any atom is -0.326 e. The largest absolute Gasteiger partial charge is 0.326 e. The molecule has 0 heterocycles. The summed E-state index contributed by atoms with van der Waals surface area (Å²) in [6.45, 7) is 8.49. The molecule has 0 spiro atoms. The number of amides is 1. The maximum atomic E-state index is 12.4. The Hall–Kier alpha value is -0.830. The predicted octanol–water partition coefficient (Wildman–Crippen LogP) is 4.83. The van der Waals surface area contributed by atoms with Crippen LogP contribution in [0, 0.1) is 25.2 Å². The van der Waals surface area contributed by atoms with Crippen LogP contribution in [-0.4, -0.2) is 5.91 Å². The molecule has 1 aromatic carbocycles. The van der Waals surface area contributed by atoms with E-state index in [1.807, 2.05) is 26.0 Å². The Morgan fingerprint density at radius 3 is 2.37 bits per heavy atom. The molecule has 104 valence electrons. The summed E-state index contributed by atoms with van der Waals surface area (Å²) in [4.78, 5) is 12.4. The van der Waals surface area contributed by atoms with Crippen LogP contribution in [0.15, 0.2) is 16.6 Å². The summed E-state index contributed by atoms with van der Waals surface area (Å²) in [6.07, 6.45) is 3.31. The highest BCUT2D eigenvalue weighted by molar-refractivity contribution is 9.10. The Balaban J connectivity index is 2.16. The van der Waals surface area contributed by atoms with E-state index >= 15 is 0 Å². The van der Waals surface area contributed by atoms with Crippen molar-refractivity contribution in [2.75, 3.05) is 5.32 Å². The summed E-state index contributed by atoms with van der Waals surface area (Å²) in [5.74, 6) is 0.306. The van der Waals surface area contributed by atoms with Crippen molar-refractivity contribution in [1.29, 1.82) is 0 Å². The molecule has 1 fully saturated rings. The highest BCUT2D eigenvalue weighted by Crippen LogP contribution is 2.43. The van der Waals surface area contributed by atoms with Gasteiger partial charge in [0.15, 0.2) is 0 Å². The monoisotopic (exact) mass is 323 g/mol. The summed E-state index contributed by atoms with van der Waals surface area (Å²) < 4.78 is 1.12. The van der Waals surface area contributed by atoms with E-state index in [1.165, 1.54) is 0 Å². The quantitative estimate of drug-likeness (QED) is 0.829. The number of hydrogen-bond donors (Lipinski definition) is 1. The van der Waals surface area contributed by atoms with Gasteiger partial charge in [0.1, 0.15) is 0 Å². The van der Waals surface area contributed by atoms with Gasteiger partial charge in [0, 0.05) is 16.1 Å². The van der Waals surface area contributed by atoms with Crippen molar-refractivity contribution in [2.24, 2.45) is 11.3 Å². The van der Waals surface area contributed by atoms with E-state index < -0.39 is 0 Å².